The number of amides is 1. The molecule has 0 radical (unpaired) electrons. The van der Waals surface area contributed by atoms with Crippen molar-refractivity contribution >= 4 is 27.3 Å². The third-order valence-corrected chi connectivity index (χ3v) is 5.59. The molecule has 34 heavy (non-hydrogen) atoms. The molecule has 4 rings (SSSR count). The maximum absolute atomic E-state index is 13.2. The van der Waals surface area contributed by atoms with Gasteiger partial charge in [0, 0.05) is 23.1 Å². The van der Waals surface area contributed by atoms with Crippen LogP contribution in [-0.2, 0) is 16.6 Å². The molecule has 0 atom stereocenters. The lowest BCUT2D eigenvalue weighted by Gasteiger charge is -2.08. The number of benzene rings is 3. The van der Waals surface area contributed by atoms with Crippen molar-refractivity contribution in [3.63, 3.8) is 0 Å². The lowest BCUT2D eigenvalue weighted by Crippen LogP contribution is -2.13. The van der Waals surface area contributed by atoms with E-state index in [4.69, 9.17) is 9.84 Å². The normalized spacial score (nSPS) is 11.1. The second kappa shape index (κ2) is 9.80. The fourth-order valence-electron chi connectivity index (χ4n) is 3.46. The Labute approximate surface area is 198 Å². The van der Waals surface area contributed by atoms with Crippen LogP contribution in [0.3, 0.4) is 0 Å². The molecule has 0 spiro atoms. The van der Waals surface area contributed by atoms with Gasteiger partial charge in [0.1, 0.15) is 11.4 Å². The molecule has 174 valence electrons. The van der Waals surface area contributed by atoms with E-state index in [9.17, 15) is 13.2 Å². The maximum Gasteiger partial charge on any atom is 0.259 e. The van der Waals surface area contributed by atoms with Crippen molar-refractivity contribution in [1.82, 2.24) is 9.78 Å². The molecule has 0 saturated heterocycles. The first-order valence-electron chi connectivity index (χ1n) is 10.5. The first-order valence-corrected chi connectivity index (χ1v) is 12.3. The van der Waals surface area contributed by atoms with E-state index in [2.05, 4.69) is 10.0 Å². The Morgan fingerprint density at radius 3 is 2.35 bits per heavy atom. The molecule has 0 aliphatic heterocycles. The molecule has 0 aliphatic carbocycles. The lowest BCUT2D eigenvalue weighted by atomic mass is 10.1. The molecule has 1 amide bonds. The molecule has 8 nitrogen and oxygen atoms in total. The predicted octanol–water partition coefficient (Wildman–Crippen LogP) is 4.23. The van der Waals surface area contributed by atoms with E-state index in [1.165, 1.54) is 0 Å². The van der Waals surface area contributed by atoms with E-state index in [1.807, 2.05) is 54.6 Å². The van der Waals surface area contributed by atoms with Gasteiger partial charge < -0.3 is 10.1 Å². The summed E-state index contributed by atoms with van der Waals surface area (Å²) in [4.78, 5) is 13.2. The molecule has 2 N–H and O–H groups in total. The first kappa shape index (κ1) is 23.1. The van der Waals surface area contributed by atoms with Gasteiger partial charge in [-0.05, 0) is 42.0 Å². The van der Waals surface area contributed by atoms with Crippen LogP contribution in [0.2, 0.25) is 0 Å². The van der Waals surface area contributed by atoms with Crippen molar-refractivity contribution in [2.45, 2.75) is 6.54 Å². The molecule has 3 aromatic carbocycles. The van der Waals surface area contributed by atoms with Crippen LogP contribution in [0.15, 0.2) is 85.1 Å². The van der Waals surface area contributed by atoms with Gasteiger partial charge in [-0.25, -0.2) is 8.42 Å². The van der Waals surface area contributed by atoms with Crippen molar-refractivity contribution in [2.75, 3.05) is 23.4 Å². The fraction of sp³-hybridized carbons (Fsp3) is 0.120. The van der Waals surface area contributed by atoms with Crippen molar-refractivity contribution < 1.29 is 17.9 Å². The van der Waals surface area contributed by atoms with E-state index >= 15 is 0 Å². The quantitative estimate of drug-likeness (QED) is 0.396. The molecule has 1 heterocycles. The third kappa shape index (κ3) is 5.81. The maximum atomic E-state index is 13.2. The zero-order valence-corrected chi connectivity index (χ0v) is 19.5. The monoisotopic (exact) mass is 476 g/mol. The van der Waals surface area contributed by atoms with E-state index in [0.717, 1.165) is 17.4 Å². The van der Waals surface area contributed by atoms with Gasteiger partial charge in [0.25, 0.3) is 5.91 Å². The standard InChI is InChI=1S/C25H24N4O4S/c1-33-22-10-6-9-19(15-22)24-23(17-29(27-24)16-18-7-4-3-5-8-18)25(30)26-20-11-13-21(14-12-20)28-34(2,31)32/h3-15,17,28H,16H2,1-2H3,(H,26,30). The van der Waals surface area contributed by atoms with Gasteiger partial charge >= 0.3 is 0 Å². The van der Waals surface area contributed by atoms with Crippen molar-refractivity contribution in [1.29, 1.82) is 0 Å². The molecule has 0 bridgehead atoms. The highest BCUT2D eigenvalue weighted by atomic mass is 32.2. The molecule has 0 fully saturated rings. The van der Waals surface area contributed by atoms with E-state index in [0.29, 0.717) is 34.9 Å². The molecule has 0 unspecified atom stereocenters. The van der Waals surface area contributed by atoms with Gasteiger partial charge in [-0.1, -0.05) is 42.5 Å². The Bertz CT molecular complexity index is 1400. The Morgan fingerprint density at radius 1 is 0.971 bits per heavy atom. The zero-order valence-electron chi connectivity index (χ0n) is 18.7. The summed E-state index contributed by atoms with van der Waals surface area (Å²) in [6.07, 6.45) is 2.80. The minimum Gasteiger partial charge on any atom is -0.497 e. The number of hydrogen-bond donors (Lipinski definition) is 2. The van der Waals surface area contributed by atoms with Crippen LogP contribution < -0.4 is 14.8 Å². The molecule has 0 aliphatic rings. The number of rotatable bonds is 8. The number of anilines is 2. The Kier molecular flexibility index (Phi) is 6.65. The summed E-state index contributed by atoms with van der Waals surface area (Å²) in [7, 11) is -1.79. The topological polar surface area (TPSA) is 102 Å². The highest BCUT2D eigenvalue weighted by Gasteiger charge is 2.19. The van der Waals surface area contributed by atoms with Crippen molar-refractivity contribution in [3.8, 4) is 17.0 Å². The zero-order chi connectivity index (χ0) is 24.1. The van der Waals surface area contributed by atoms with Gasteiger partial charge in [0.05, 0.1) is 25.5 Å². The van der Waals surface area contributed by atoms with Crippen LogP contribution in [0.25, 0.3) is 11.3 Å². The number of carbonyl (C=O) groups excluding carboxylic acids is 1. The third-order valence-electron chi connectivity index (χ3n) is 4.98. The highest BCUT2D eigenvalue weighted by molar-refractivity contribution is 7.92. The van der Waals surface area contributed by atoms with Gasteiger partial charge in [-0.3, -0.25) is 14.2 Å². The SMILES string of the molecule is COc1cccc(-c2nn(Cc3ccccc3)cc2C(=O)Nc2ccc(NS(C)(=O)=O)cc2)c1. The molecule has 4 aromatic rings. The predicted molar refractivity (Wildman–Crippen MR) is 133 cm³/mol. The molecule has 9 heteroatoms. The average Bonchev–Trinajstić information content (AvgIpc) is 3.24. The van der Waals surface area contributed by atoms with E-state index < -0.39 is 10.0 Å². The van der Waals surface area contributed by atoms with Gasteiger partial charge in [-0.15, -0.1) is 0 Å². The molecule has 1 aromatic heterocycles. The van der Waals surface area contributed by atoms with Crippen LogP contribution in [0.1, 0.15) is 15.9 Å². The van der Waals surface area contributed by atoms with Gasteiger partial charge in [0.15, 0.2) is 0 Å². The molecular weight excluding hydrogens is 452 g/mol. The largest absolute Gasteiger partial charge is 0.497 e. The van der Waals surface area contributed by atoms with Crippen LogP contribution in [0.4, 0.5) is 11.4 Å². The summed E-state index contributed by atoms with van der Waals surface area (Å²) in [6, 6.07) is 23.7. The number of nitrogens with zero attached hydrogens (tertiary/aromatic N) is 2. The number of nitrogens with one attached hydrogen (secondary N) is 2. The van der Waals surface area contributed by atoms with E-state index in [1.54, 1.807) is 42.3 Å². The second-order valence-electron chi connectivity index (χ2n) is 7.71. The summed E-state index contributed by atoms with van der Waals surface area (Å²) >= 11 is 0. The Balaban J connectivity index is 1.64. The fourth-order valence-corrected chi connectivity index (χ4v) is 4.02. The Hall–Kier alpha value is -4.11. The smallest absolute Gasteiger partial charge is 0.259 e. The number of sulfonamides is 1. The van der Waals surface area contributed by atoms with Gasteiger partial charge in [0.2, 0.25) is 10.0 Å². The van der Waals surface area contributed by atoms with Crippen LogP contribution >= 0.6 is 0 Å². The van der Waals surface area contributed by atoms with Crippen LogP contribution in [-0.4, -0.2) is 37.5 Å². The highest BCUT2D eigenvalue weighted by Crippen LogP contribution is 2.27. The summed E-state index contributed by atoms with van der Waals surface area (Å²) in [5.41, 5.74) is 3.68. The number of methoxy groups -OCH3 is 1. The second-order valence-corrected chi connectivity index (χ2v) is 9.46. The summed E-state index contributed by atoms with van der Waals surface area (Å²) in [5.74, 6) is 0.330. The summed E-state index contributed by atoms with van der Waals surface area (Å²) in [5, 5.41) is 7.56. The van der Waals surface area contributed by atoms with Gasteiger partial charge in [-0.2, -0.15) is 5.10 Å². The Morgan fingerprint density at radius 2 is 1.68 bits per heavy atom. The average molecular weight is 477 g/mol. The minimum atomic E-state index is -3.38. The summed E-state index contributed by atoms with van der Waals surface area (Å²) in [6.45, 7) is 0.511. The first-order chi connectivity index (χ1) is 16.3. The minimum absolute atomic E-state index is 0.332. The number of carbonyl (C=O) groups is 1. The molecular formula is C25H24N4O4S. The number of aromatic nitrogens is 2. The summed E-state index contributed by atoms with van der Waals surface area (Å²) < 4.78 is 32.3. The van der Waals surface area contributed by atoms with Crippen LogP contribution in [0, 0.1) is 0 Å². The van der Waals surface area contributed by atoms with Crippen molar-refractivity contribution in [3.05, 3.63) is 96.2 Å². The van der Waals surface area contributed by atoms with E-state index in [-0.39, 0.29) is 5.91 Å². The van der Waals surface area contributed by atoms with Crippen LogP contribution in [0.5, 0.6) is 5.75 Å². The van der Waals surface area contributed by atoms with Crippen molar-refractivity contribution in [2.24, 2.45) is 0 Å². The number of hydrogen-bond acceptors (Lipinski definition) is 5. The lowest BCUT2D eigenvalue weighted by molar-refractivity contribution is 0.102. The number of ether oxygens (including phenoxy) is 1. The molecule has 0 saturated carbocycles.